The number of benzene rings is 1. The Morgan fingerprint density at radius 2 is 2.18 bits per heavy atom. The molecule has 4 nitrogen and oxygen atoms in total. The Labute approximate surface area is 112 Å². The molecule has 0 fully saturated rings. The van der Waals surface area contributed by atoms with Gasteiger partial charge in [0.05, 0.1) is 5.02 Å². The largest absolute Gasteiger partial charge is 0.399 e. The number of sulfonamides is 1. The fraction of sp³-hybridized carbons (Fsp3) is 0.111. The first kappa shape index (κ1) is 14.4. The molecule has 0 saturated heterocycles. The van der Waals surface area contributed by atoms with Gasteiger partial charge in [-0.15, -0.1) is 0 Å². The van der Waals surface area contributed by atoms with Gasteiger partial charge in [-0.25, -0.2) is 17.5 Å². The van der Waals surface area contributed by atoms with E-state index >= 15 is 0 Å². The van der Waals surface area contributed by atoms with Crippen LogP contribution < -0.4 is 10.5 Å². The Kier molecular flexibility index (Phi) is 4.54. The third-order valence-electron chi connectivity index (χ3n) is 1.76. The fourth-order valence-corrected chi connectivity index (χ4v) is 2.80. The predicted molar refractivity (Wildman–Crippen MR) is 69.1 cm³/mol. The number of hydrogen-bond acceptors (Lipinski definition) is 3. The SMILES string of the molecule is C=C(Br)CNS(=O)(=O)c1cc(N)cc(Cl)c1F. The van der Waals surface area contributed by atoms with Crippen LogP contribution in [0.15, 0.2) is 28.1 Å². The molecule has 94 valence electrons. The fourth-order valence-electron chi connectivity index (χ4n) is 1.03. The van der Waals surface area contributed by atoms with Crippen molar-refractivity contribution in [2.24, 2.45) is 0 Å². The molecule has 17 heavy (non-hydrogen) atoms. The smallest absolute Gasteiger partial charge is 0.243 e. The van der Waals surface area contributed by atoms with Crippen LogP contribution in [0.25, 0.3) is 0 Å². The van der Waals surface area contributed by atoms with Gasteiger partial charge in [-0.3, -0.25) is 0 Å². The Bertz CT molecular complexity index is 562. The van der Waals surface area contributed by atoms with Gasteiger partial charge in [-0.2, -0.15) is 0 Å². The van der Waals surface area contributed by atoms with Gasteiger partial charge in [0.1, 0.15) is 4.90 Å². The van der Waals surface area contributed by atoms with Gasteiger partial charge in [0.25, 0.3) is 0 Å². The number of rotatable bonds is 4. The molecule has 0 spiro atoms. The second-order valence-corrected chi connectivity index (χ2v) is 6.42. The van der Waals surface area contributed by atoms with Crippen molar-refractivity contribution < 1.29 is 12.8 Å². The van der Waals surface area contributed by atoms with Gasteiger partial charge in [-0.05, 0) is 12.1 Å². The molecule has 3 N–H and O–H groups in total. The standard InChI is InChI=1S/C9H9BrClFN2O2S/c1-5(10)4-14-17(15,16)8-3-6(13)2-7(11)9(8)12/h2-3,14H,1,4,13H2. The van der Waals surface area contributed by atoms with Crippen molar-refractivity contribution in [1.29, 1.82) is 0 Å². The minimum Gasteiger partial charge on any atom is -0.399 e. The second-order valence-electron chi connectivity index (χ2n) is 3.16. The van der Waals surface area contributed by atoms with Crippen LogP contribution in [-0.2, 0) is 10.0 Å². The van der Waals surface area contributed by atoms with Crippen molar-refractivity contribution in [2.75, 3.05) is 12.3 Å². The predicted octanol–water partition coefficient (Wildman–Crippen LogP) is 2.25. The molecule has 0 aliphatic heterocycles. The lowest BCUT2D eigenvalue weighted by Gasteiger charge is -2.08. The minimum atomic E-state index is -4.01. The zero-order valence-corrected chi connectivity index (χ0v) is 11.7. The summed E-state index contributed by atoms with van der Waals surface area (Å²) in [4.78, 5) is -0.587. The molecule has 0 unspecified atom stereocenters. The summed E-state index contributed by atoms with van der Waals surface area (Å²) >= 11 is 8.49. The lowest BCUT2D eigenvalue weighted by molar-refractivity contribution is 0.560. The molecule has 0 bridgehead atoms. The van der Waals surface area contributed by atoms with Crippen LogP contribution in [0.4, 0.5) is 10.1 Å². The molecule has 0 aromatic heterocycles. The topological polar surface area (TPSA) is 72.2 Å². The van der Waals surface area contributed by atoms with Crippen molar-refractivity contribution in [3.63, 3.8) is 0 Å². The van der Waals surface area contributed by atoms with Crippen molar-refractivity contribution >= 4 is 43.2 Å². The first-order chi connectivity index (χ1) is 7.74. The van der Waals surface area contributed by atoms with Gasteiger partial charge in [0.2, 0.25) is 10.0 Å². The van der Waals surface area contributed by atoms with Gasteiger partial charge >= 0.3 is 0 Å². The van der Waals surface area contributed by atoms with E-state index in [1.807, 2.05) is 0 Å². The van der Waals surface area contributed by atoms with E-state index in [4.69, 9.17) is 17.3 Å². The third-order valence-corrected chi connectivity index (χ3v) is 3.72. The van der Waals surface area contributed by atoms with E-state index in [0.717, 1.165) is 12.1 Å². The first-order valence-corrected chi connectivity index (χ1v) is 6.97. The quantitative estimate of drug-likeness (QED) is 0.824. The summed E-state index contributed by atoms with van der Waals surface area (Å²) in [6.07, 6.45) is 0. The third kappa shape index (κ3) is 3.67. The summed E-state index contributed by atoms with van der Waals surface area (Å²) in [7, 11) is -4.01. The van der Waals surface area contributed by atoms with Gasteiger partial charge in [0.15, 0.2) is 5.82 Å². The van der Waals surface area contributed by atoms with Crippen molar-refractivity contribution in [3.05, 3.63) is 34.0 Å². The molecule has 0 aliphatic rings. The summed E-state index contributed by atoms with van der Waals surface area (Å²) in [5.74, 6) is -1.03. The van der Waals surface area contributed by atoms with Crippen LogP contribution in [0.3, 0.4) is 0 Å². The van der Waals surface area contributed by atoms with Crippen molar-refractivity contribution in [3.8, 4) is 0 Å². The highest BCUT2D eigenvalue weighted by Crippen LogP contribution is 2.25. The number of nitrogens with two attached hydrogens (primary N) is 1. The number of hydrogen-bond donors (Lipinski definition) is 2. The monoisotopic (exact) mass is 342 g/mol. The van der Waals surface area contributed by atoms with Crippen molar-refractivity contribution in [2.45, 2.75) is 4.90 Å². The Morgan fingerprint density at radius 3 is 2.71 bits per heavy atom. The van der Waals surface area contributed by atoms with Crippen molar-refractivity contribution in [1.82, 2.24) is 4.72 Å². The summed E-state index contributed by atoms with van der Waals surface area (Å²) in [6.45, 7) is 3.39. The van der Waals surface area contributed by atoms with Crippen LogP contribution in [-0.4, -0.2) is 15.0 Å². The number of halogens is 3. The molecule has 8 heteroatoms. The zero-order valence-electron chi connectivity index (χ0n) is 8.50. The summed E-state index contributed by atoms with van der Waals surface area (Å²) in [5.41, 5.74) is 5.48. The molecule has 1 rings (SSSR count). The molecular weight excluding hydrogens is 335 g/mol. The number of anilines is 1. The van der Waals surface area contributed by atoms with Crippen LogP contribution in [0, 0.1) is 5.82 Å². The van der Waals surface area contributed by atoms with E-state index in [0.29, 0.717) is 4.48 Å². The lowest BCUT2D eigenvalue weighted by Crippen LogP contribution is -2.25. The number of nitrogen functional groups attached to an aromatic ring is 1. The van der Waals surface area contributed by atoms with Crippen LogP contribution >= 0.6 is 27.5 Å². The minimum absolute atomic E-state index is 0.0613. The zero-order chi connectivity index (χ0) is 13.2. The maximum atomic E-state index is 13.6. The van der Waals surface area contributed by atoms with Gasteiger partial charge in [0, 0.05) is 16.7 Å². The average molecular weight is 344 g/mol. The molecule has 0 atom stereocenters. The Balaban J connectivity index is 3.19. The van der Waals surface area contributed by atoms with E-state index in [1.165, 1.54) is 0 Å². The molecule has 0 amide bonds. The summed E-state index contributed by atoms with van der Waals surface area (Å²) in [5, 5.41) is -0.344. The van der Waals surface area contributed by atoms with Crippen LogP contribution in [0.2, 0.25) is 5.02 Å². The Morgan fingerprint density at radius 1 is 1.59 bits per heavy atom. The van der Waals surface area contributed by atoms with Gasteiger partial charge < -0.3 is 5.73 Å². The van der Waals surface area contributed by atoms with E-state index in [2.05, 4.69) is 27.2 Å². The maximum Gasteiger partial charge on any atom is 0.243 e. The van der Waals surface area contributed by atoms with Crippen LogP contribution in [0.5, 0.6) is 0 Å². The van der Waals surface area contributed by atoms with E-state index < -0.39 is 20.7 Å². The highest BCUT2D eigenvalue weighted by Gasteiger charge is 2.21. The molecule has 0 aliphatic carbocycles. The van der Waals surface area contributed by atoms with E-state index in [-0.39, 0.29) is 17.3 Å². The Hall–Kier alpha value is -0.630. The first-order valence-electron chi connectivity index (χ1n) is 4.31. The molecule has 1 aromatic carbocycles. The number of nitrogens with one attached hydrogen (secondary N) is 1. The molecular formula is C9H9BrClFN2O2S. The highest BCUT2D eigenvalue weighted by atomic mass is 79.9. The average Bonchev–Trinajstić information content (AvgIpc) is 2.20. The van der Waals surface area contributed by atoms with Gasteiger partial charge in [-0.1, -0.05) is 34.1 Å². The summed E-state index contributed by atoms with van der Waals surface area (Å²) in [6, 6.07) is 2.14. The summed E-state index contributed by atoms with van der Waals surface area (Å²) < 4.78 is 39.6. The second kappa shape index (κ2) is 5.34. The van der Waals surface area contributed by atoms with Crippen LogP contribution in [0.1, 0.15) is 0 Å². The molecule has 0 saturated carbocycles. The lowest BCUT2D eigenvalue weighted by atomic mass is 10.3. The molecule has 1 aromatic rings. The van der Waals surface area contributed by atoms with E-state index in [9.17, 15) is 12.8 Å². The maximum absolute atomic E-state index is 13.6. The molecule has 0 radical (unpaired) electrons. The van der Waals surface area contributed by atoms with E-state index in [1.54, 1.807) is 0 Å². The highest BCUT2D eigenvalue weighted by molar-refractivity contribution is 9.11. The molecule has 0 heterocycles. The normalized spacial score (nSPS) is 11.5.